The molecule has 70 valence electrons. The van der Waals surface area contributed by atoms with Crippen molar-refractivity contribution in [1.82, 2.24) is 4.98 Å². The van der Waals surface area contributed by atoms with Crippen LogP contribution in [0.5, 0.6) is 0 Å². The minimum absolute atomic E-state index is 0.389. The van der Waals surface area contributed by atoms with E-state index in [1.54, 1.807) is 18.2 Å². The first-order valence-corrected chi connectivity index (χ1v) is 4.40. The molecule has 1 heterocycles. The van der Waals surface area contributed by atoms with Crippen LogP contribution in [-0.4, -0.2) is 10.9 Å². The van der Waals surface area contributed by atoms with Gasteiger partial charge in [-0.25, -0.2) is 0 Å². The fourth-order valence-corrected chi connectivity index (χ4v) is 1.49. The van der Waals surface area contributed by atoms with Gasteiger partial charge in [-0.3, -0.25) is 9.78 Å². The number of hydrogen-bond donors (Lipinski definition) is 1. The molecule has 2 aromatic rings. The minimum Gasteiger partial charge on any atom is -0.366 e. The lowest BCUT2D eigenvalue weighted by Gasteiger charge is -2.00. The number of halogens is 1. The van der Waals surface area contributed by atoms with Crippen molar-refractivity contribution < 1.29 is 4.79 Å². The molecule has 14 heavy (non-hydrogen) atoms. The van der Waals surface area contributed by atoms with Crippen molar-refractivity contribution in [3.8, 4) is 0 Å². The van der Waals surface area contributed by atoms with Gasteiger partial charge in [-0.1, -0.05) is 23.7 Å². The Morgan fingerprint density at radius 3 is 2.93 bits per heavy atom. The molecule has 0 spiro atoms. The quantitative estimate of drug-likeness (QED) is 0.776. The number of amides is 1. The van der Waals surface area contributed by atoms with Gasteiger partial charge in [0.05, 0.1) is 16.1 Å². The van der Waals surface area contributed by atoms with Crippen LogP contribution in [-0.2, 0) is 0 Å². The van der Waals surface area contributed by atoms with Gasteiger partial charge in [0, 0.05) is 11.6 Å². The number of fused-ring (bicyclic) bond motifs is 1. The van der Waals surface area contributed by atoms with E-state index in [2.05, 4.69) is 4.98 Å². The Morgan fingerprint density at radius 2 is 2.21 bits per heavy atom. The molecule has 1 aromatic carbocycles. The molecule has 0 unspecified atom stereocenters. The number of primary amides is 1. The summed E-state index contributed by atoms with van der Waals surface area (Å²) in [7, 11) is 0. The number of rotatable bonds is 1. The van der Waals surface area contributed by atoms with Gasteiger partial charge in [-0.05, 0) is 12.1 Å². The predicted molar refractivity (Wildman–Crippen MR) is 55.3 cm³/mol. The van der Waals surface area contributed by atoms with Crippen molar-refractivity contribution in [2.75, 3.05) is 0 Å². The average molecular weight is 207 g/mol. The molecule has 0 atom stereocenters. The van der Waals surface area contributed by atoms with E-state index >= 15 is 0 Å². The molecule has 0 aliphatic carbocycles. The van der Waals surface area contributed by atoms with Crippen LogP contribution in [0.15, 0.2) is 30.5 Å². The van der Waals surface area contributed by atoms with Gasteiger partial charge >= 0.3 is 0 Å². The second kappa shape index (κ2) is 3.27. The fourth-order valence-electron chi connectivity index (χ4n) is 1.26. The molecular weight excluding hydrogens is 200 g/mol. The van der Waals surface area contributed by atoms with E-state index in [-0.39, 0.29) is 0 Å². The number of nitrogens with two attached hydrogens (primary N) is 1. The van der Waals surface area contributed by atoms with E-state index < -0.39 is 5.91 Å². The van der Waals surface area contributed by atoms with Crippen LogP contribution < -0.4 is 5.73 Å². The molecule has 0 bridgehead atoms. The molecule has 3 nitrogen and oxygen atoms in total. The second-order valence-corrected chi connectivity index (χ2v) is 3.31. The largest absolute Gasteiger partial charge is 0.366 e. The zero-order valence-electron chi connectivity index (χ0n) is 7.20. The first kappa shape index (κ1) is 8.97. The summed E-state index contributed by atoms with van der Waals surface area (Å²) in [4.78, 5) is 14.9. The SMILES string of the molecule is NC(=O)c1cnc2c(Cl)cccc2c1. The molecule has 2 rings (SSSR count). The molecule has 0 saturated carbocycles. The zero-order chi connectivity index (χ0) is 10.1. The fraction of sp³-hybridized carbons (Fsp3) is 0. The molecule has 0 aliphatic heterocycles. The van der Waals surface area contributed by atoms with E-state index in [4.69, 9.17) is 17.3 Å². The van der Waals surface area contributed by atoms with Crippen LogP contribution in [0, 0.1) is 0 Å². The van der Waals surface area contributed by atoms with Gasteiger partial charge < -0.3 is 5.73 Å². The minimum atomic E-state index is -0.487. The zero-order valence-corrected chi connectivity index (χ0v) is 7.95. The highest BCUT2D eigenvalue weighted by Gasteiger charge is 2.04. The average Bonchev–Trinajstić information content (AvgIpc) is 2.17. The van der Waals surface area contributed by atoms with Gasteiger partial charge in [-0.15, -0.1) is 0 Å². The van der Waals surface area contributed by atoms with Crippen molar-refractivity contribution in [3.05, 3.63) is 41.0 Å². The Labute approximate surface area is 85.5 Å². The molecule has 0 fully saturated rings. The van der Waals surface area contributed by atoms with E-state index in [9.17, 15) is 4.79 Å². The maximum Gasteiger partial charge on any atom is 0.250 e. The van der Waals surface area contributed by atoms with Crippen molar-refractivity contribution in [1.29, 1.82) is 0 Å². The third-order valence-electron chi connectivity index (χ3n) is 1.95. The third kappa shape index (κ3) is 1.42. The number of carbonyl (C=O) groups excluding carboxylic acids is 1. The summed E-state index contributed by atoms with van der Waals surface area (Å²) in [5.41, 5.74) is 6.20. The maximum atomic E-state index is 10.9. The molecule has 1 amide bonds. The topological polar surface area (TPSA) is 56.0 Å². The summed E-state index contributed by atoms with van der Waals surface area (Å²) < 4.78 is 0. The van der Waals surface area contributed by atoms with E-state index in [1.165, 1.54) is 6.20 Å². The highest BCUT2D eigenvalue weighted by atomic mass is 35.5. The molecule has 2 N–H and O–H groups in total. The Morgan fingerprint density at radius 1 is 1.43 bits per heavy atom. The molecule has 4 heteroatoms. The first-order chi connectivity index (χ1) is 6.68. The first-order valence-electron chi connectivity index (χ1n) is 4.02. The van der Waals surface area contributed by atoms with Crippen molar-refractivity contribution in [2.24, 2.45) is 5.73 Å². The van der Waals surface area contributed by atoms with Gasteiger partial charge in [0.2, 0.25) is 5.91 Å². The Kier molecular flexibility index (Phi) is 2.09. The molecule has 1 aromatic heterocycles. The Balaban J connectivity index is 2.73. The van der Waals surface area contributed by atoms with Crippen LogP contribution in [0.1, 0.15) is 10.4 Å². The molecule has 0 saturated heterocycles. The van der Waals surface area contributed by atoms with Gasteiger partial charge in [-0.2, -0.15) is 0 Å². The highest BCUT2D eigenvalue weighted by molar-refractivity contribution is 6.35. The van der Waals surface area contributed by atoms with E-state index in [0.29, 0.717) is 16.1 Å². The standard InChI is InChI=1S/C10H7ClN2O/c11-8-3-1-2-6-4-7(10(12)14)5-13-9(6)8/h1-5H,(H2,12,14). The van der Waals surface area contributed by atoms with Crippen LogP contribution in [0.3, 0.4) is 0 Å². The van der Waals surface area contributed by atoms with E-state index in [0.717, 1.165) is 5.39 Å². The second-order valence-electron chi connectivity index (χ2n) is 2.90. The Hall–Kier alpha value is -1.61. The summed E-state index contributed by atoms with van der Waals surface area (Å²) in [6, 6.07) is 7.06. The normalized spacial score (nSPS) is 10.4. The van der Waals surface area contributed by atoms with Crippen molar-refractivity contribution in [2.45, 2.75) is 0 Å². The lowest BCUT2D eigenvalue weighted by Crippen LogP contribution is -2.10. The highest BCUT2D eigenvalue weighted by Crippen LogP contribution is 2.21. The summed E-state index contributed by atoms with van der Waals surface area (Å²) in [5, 5.41) is 1.38. The third-order valence-corrected chi connectivity index (χ3v) is 2.25. The van der Waals surface area contributed by atoms with Crippen LogP contribution in [0.2, 0.25) is 5.02 Å². The summed E-state index contributed by atoms with van der Waals surface area (Å²) >= 11 is 5.91. The summed E-state index contributed by atoms with van der Waals surface area (Å²) in [5.74, 6) is -0.487. The number of benzene rings is 1. The number of nitrogens with zero attached hydrogens (tertiary/aromatic N) is 1. The lowest BCUT2D eigenvalue weighted by molar-refractivity contribution is 0.1000. The number of carbonyl (C=O) groups is 1. The Bertz CT molecular complexity index is 510. The monoisotopic (exact) mass is 206 g/mol. The molecular formula is C10H7ClN2O. The van der Waals surface area contributed by atoms with Gasteiger partial charge in [0.1, 0.15) is 0 Å². The molecule has 0 radical (unpaired) electrons. The van der Waals surface area contributed by atoms with Crippen molar-refractivity contribution in [3.63, 3.8) is 0 Å². The smallest absolute Gasteiger partial charge is 0.250 e. The number of pyridine rings is 1. The predicted octanol–water partition coefficient (Wildman–Crippen LogP) is 1.99. The number of aromatic nitrogens is 1. The van der Waals surface area contributed by atoms with Gasteiger partial charge in [0.25, 0.3) is 0 Å². The van der Waals surface area contributed by atoms with Crippen LogP contribution in [0.25, 0.3) is 10.9 Å². The maximum absolute atomic E-state index is 10.9. The lowest BCUT2D eigenvalue weighted by atomic mass is 10.1. The van der Waals surface area contributed by atoms with Gasteiger partial charge in [0.15, 0.2) is 0 Å². The van der Waals surface area contributed by atoms with Crippen molar-refractivity contribution >= 4 is 28.4 Å². The summed E-state index contributed by atoms with van der Waals surface area (Å²) in [6.45, 7) is 0. The summed E-state index contributed by atoms with van der Waals surface area (Å²) in [6.07, 6.45) is 1.43. The molecule has 0 aliphatic rings. The number of hydrogen-bond acceptors (Lipinski definition) is 2. The van der Waals surface area contributed by atoms with E-state index in [1.807, 2.05) is 6.07 Å². The number of para-hydroxylation sites is 1. The van der Waals surface area contributed by atoms with Crippen LogP contribution >= 0.6 is 11.6 Å². The van der Waals surface area contributed by atoms with Crippen LogP contribution in [0.4, 0.5) is 0 Å².